The fraction of sp³-hybridized carbons (Fsp3) is 0.140. The van der Waals surface area contributed by atoms with E-state index in [4.69, 9.17) is 9.47 Å². The molecular formula is C86H28N2O2. The molecular weight excluding hydrogens is 1090 g/mol. The van der Waals surface area contributed by atoms with Crippen LogP contribution in [0.15, 0.2) is 72.8 Å². The van der Waals surface area contributed by atoms with E-state index in [0.29, 0.717) is 13.2 Å². The molecule has 0 radical (unpaired) electrons. The highest BCUT2D eigenvalue weighted by Crippen LogP contribution is 2.90. The maximum Gasteiger partial charge on any atom is 0.119 e. The molecule has 12 bridgehead atoms. The van der Waals surface area contributed by atoms with Crippen LogP contribution in [0.2, 0.25) is 0 Å². The first-order valence-electron chi connectivity index (χ1n) is 33.6. The van der Waals surface area contributed by atoms with E-state index in [-0.39, 0.29) is 22.9 Å². The van der Waals surface area contributed by atoms with Crippen LogP contribution < -0.4 is 9.47 Å². The van der Waals surface area contributed by atoms with Gasteiger partial charge in [-0.05, 0) is 370 Å². The summed E-state index contributed by atoms with van der Waals surface area (Å²) in [6.45, 7) is 2.99. The van der Waals surface area contributed by atoms with E-state index in [9.17, 15) is 0 Å². The predicted octanol–water partition coefficient (Wildman–Crippen LogP) is 19.7. The normalized spacial score (nSPS) is 27.1. The SMILES string of the molecule is CN1CC23c4c5c6c7c8c9c%10c%11c%12c%13c%14c%15c%16c%17c%18c%19c9c6c6c%18c9c%17c%17c%15c%15c%18c%14c%14c%12c%12c%11c8c(c8c%11c2c2c4c4c(c56)c9c5c4c4c2c2c%11c(c8%12)c%14c%18c2c4c%15c%175)C73[C@@H]1c1ccc(cc1)OCc1cccc(c1)COc1ccc(cc1)[C@@H]1N(C)CC%13%16C%10%191. The van der Waals surface area contributed by atoms with Crippen molar-refractivity contribution in [1.29, 1.82) is 0 Å². The molecule has 6 atom stereocenters. The number of benzene rings is 19. The molecule has 90 heavy (non-hydrogen) atoms. The van der Waals surface area contributed by atoms with Gasteiger partial charge in [0.05, 0.1) is 21.7 Å². The van der Waals surface area contributed by atoms with Gasteiger partial charge >= 0.3 is 0 Å². The Kier molecular flexibility index (Phi) is 3.73. The summed E-state index contributed by atoms with van der Waals surface area (Å²) >= 11 is 0. The summed E-state index contributed by atoms with van der Waals surface area (Å²) in [5.74, 6) is 1.87. The Morgan fingerprint density at radius 2 is 0.478 bits per heavy atom. The van der Waals surface area contributed by atoms with Gasteiger partial charge in [0.25, 0.3) is 0 Å². The van der Waals surface area contributed by atoms with E-state index < -0.39 is 10.8 Å². The van der Waals surface area contributed by atoms with Crippen molar-refractivity contribution >= 4 is 259 Å². The molecule has 0 saturated carbocycles. The van der Waals surface area contributed by atoms with Crippen LogP contribution >= 0.6 is 0 Å². The van der Waals surface area contributed by atoms with Gasteiger partial charge in [-0.15, -0.1) is 0 Å². The standard InChI is InChI=1S/C86H28N2O2/c1-87-17-83-73-57-45-33-25-26-30-27-31-39-47(35(27)33)59(57)75(83)63-51(39)43-54-42(31)50-38(30)46-34(26)36-28-29(25)37(45)49-41-32(28)40-48(36)60-58(46)74-62(50)66(54)78-70-55(43)67(63)79-71-69-56-44-52(40)64-68(56)80(72(70)71)86(78)82(88(2)18-84(74,86)76(60)64)22-8-12-24(13-9-22)90-16-20-5-3-4-19(14-20)15-89-23-10-6-21(7-11-23)81(87)85(79,83)77(69)65(53(41)44)61(49)73/h3-14,81-82H,15-18H2,1-2H3/t81-,82-,83?,84?,85?,86?/m0/s1. The van der Waals surface area contributed by atoms with Crippen LogP contribution in [0.1, 0.15) is 78.8 Å². The lowest BCUT2D eigenvalue weighted by molar-refractivity contribution is 0.270. The Labute approximate surface area is 500 Å². The first kappa shape index (κ1) is 37.0. The Morgan fingerprint density at radius 1 is 0.267 bits per heavy atom. The quantitative estimate of drug-likeness (QED) is 0.141. The summed E-state index contributed by atoms with van der Waals surface area (Å²) in [7, 11) is 5.18. The second kappa shape index (κ2) is 9.06. The smallest absolute Gasteiger partial charge is 0.119 e. The number of rotatable bonds is 0. The monoisotopic (exact) mass is 1120 g/mol. The molecule has 6 aliphatic heterocycles. The molecule has 0 N–H and O–H groups in total. The maximum absolute atomic E-state index is 6.89. The zero-order chi connectivity index (χ0) is 54.8. The van der Waals surface area contributed by atoms with Gasteiger partial charge in [-0.25, -0.2) is 0 Å². The number of ether oxygens (including phenoxy) is 2. The minimum atomic E-state index is -0.426. The van der Waals surface area contributed by atoms with E-state index in [0.717, 1.165) is 35.7 Å². The molecule has 27 aromatic rings. The minimum absolute atomic E-state index is 0.0620. The lowest BCUT2D eigenvalue weighted by atomic mass is 9.47. The largest absolute Gasteiger partial charge is 0.489 e. The van der Waals surface area contributed by atoms with Crippen LogP contribution in [-0.2, 0) is 34.9 Å². The summed E-state index contributed by atoms with van der Waals surface area (Å²) in [4.78, 5) is 5.93. The highest BCUT2D eigenvalue weighted by molar-refractivity contribution is 6.78. The van der Waals surface area contributed by atoms with Gasteiger partial charge in [-0.3, -0.25) is 9.80 Å². The fourth-order valence-corrected chi connectivity index (χ4v) is 31.2. The van der Waals surface area contributed by atoms with Crippen LogP contribution in [0.4, 0.5) is 0 Å². The minimum Gasteiger partial charge on any atom is -0.489 e. The Bertz CT molecular complexity index is 8110. The van der Waals surface area contributed by atoms with Gasteiger partial charge in [0.1, 0.15) is 24.7 Å². The maximum atomic E-state index is 6.89. The van der Waals surface area contributed by atoms with E-state index in [1.807, 2.05) is 0 Å². The van der Waals surface area contributed by atoms with Gasteiger partial charge in [0.15, 0.2) is 0 Å². The summed E-state index contributed by atoms with van der Waals surface area (Å²) in [6.07, 6.45) is 0. The molecule has 0 aromatic heterocycles. The second-order valence-electron chi connectivity index (χ2n) is 32.6. The van der Waals surface area contributed by atoms with Gasteiger partial charge < -0.3 is 9.47 Å². The van der Waals surface area contributed by atoms with E-state index in [2.05, 4.69) is 96.7 Å². The van der Waals surface area contributed by atoms with Crippen LogP contribution in [0.5, 0.6) is 11.5 Å². The molecule has 4 heteroatoms. The molecule has 14 aliphatic rings. The number of hydrogen-bond acceptors (Lipinski definition) is 4. The van der Waals surface area contributed by atoms with E-state index in [1.165, 1.54) is 11.1 Å². The van der Waals surface area contributed by atoms with Crippen LogP contribution in [-0.4, -0.2) is 37.0 Å². The molecule has 2 saturated heterocycles. The predicted molar refractivity (Wildman–Crippen MR) is 366 cm³/mol. The average Bonchev–Trinajstić information content (AvgIpc) is 1.37. The number of hydrogen-bond donors (Lipinski definition) is 0. The Balaban J connectivity index is 0.942. The first-order valence-corrected chi connectivity index (χ1v) is 33.6. The van der Waals surface area contributed by atoms with Crippen molar-refractivity contribution < 1.29 is 9.47 Å². The van der Waals surface area contributed by atoms with Crippen LogP contribution in [0, 0.1) is 0 Å². The summed E-state index contributed by atoms with van der Waals surface area (Å²) in [5.41, 5.74) is 17.6. The number of nitrogens with zero attached hydrogens (tertiary/aromatic N) is 2. The first-order chi connectivity index (χ1) is 44.6. The lowest BCUT2D eigenvalue weighted by Gasteiger charge is -2.52. The lowest BCUT2D eigenvalue weighted by Crippen LogP contribution is -2.52. The third kappa shape index (κ3) is 2.24. The van der Waals surface area contributed by atoms with E-state index in [1.54, 1.807) is 303 Å². The highest BCUT2D eigenvalue weighted by Gasteiger charge is 2.80. The van der Waals surface area contributed by atoms with Crippen LogP contribution in [0.3, 0.4) is 0 Å². The second-order valence-corrected chi connectivity index (χ2v) is 32.6. The molecule has 4 spiro atoms. The topological polar surface area (TPSA) is 24.9 Å². The zero-order valence-electron chi connectivity index (χ0n) is 47.6. The molecule has 2 fully saturated rings. The van der Waals surface area contributed by atoms with Crippen molar-refractivity contribution in [3.05, 3.63) is 140 Å². The highest BCUT2D eigenvalue weighted by atomic mass is 16.5. The van der Waals surface area contributed by atoms with Gasteiger partial charge in [-0.1, -0.05) is 42.5 Å². The van der Waals surface area contributed by atoms with Gasteiger partial charge in [0.2, 0.25) is 0 Å². The third-order valence-corrected chi connectivity index (χ3v) is 31.5. The van der Waals surface area contributed by atoms with Gasteiger partial charge in [-0.2, -0.15) is 0 Å². The summed E-state index contributed by atoms with van der Waals surface area (Å²) in [5, 5.41) is 80.0. The molecule has 4 nitrogen and oxygen atoms in total. The molecule has 8 aliphatic carbocycles. The van der Waals surface area contributed by atoms with E-state index >= 15 is 0 Å². The van der Waals surface area contributed by atoms with Crippen molar-refractivity contribution in [2.45, 2.75) is 47.0 Å². The molecule has 6 heterocycles. The molecule has 27 aromatic carbocycles. The molecule has 394 valence electrons. The molecule has 0 amide bonds. The molecule has 41 rings (SSSR count). The van der Waals surface area contributed by atoms with Crippen LogP contribution in [0.25, 0.3) is 259 Å². The molecule has 4 unspecified atom stereocenters. The average molecular weight is 1120 g/mol. The van der Waals surface area contributed by atoms with Crippen molar-refractivity contribution in [2.75, 3.05) is 27.2 Å². The summed E-state index contributed by atoms with van der Waals surface area (Å²) in [6, 6.07) is 28.6. The van der Waals surface area contributed by atoms with Crippen molar-refractivity contribution in [2.24, 2.45) is 0 Å². The van der Waals surface area contributed by atoms with Crippen molar-refractivity contribution in [1.82, 2.24) is 9.80 Å². The summed E-state index contributed by atoms with van der Waals surface area (Å²) < 4.78 is 13.8. The fourth-order valence-electron chi connectivity index (χ4n) is 31.2. The third-order valence-electron chi connectivity index (χ3n) is 31.5. The zero-order valence-corrected chi connectivity index (χ0v) is 47.6. The number of likely N-dealkylation sites (tertiary alicyclic amines) is 2. The Morgan fingerprint density at radius 3 is 0.733 bits per heavy atom. The van der Waals surface area contributed by atoms with Crippen molar-refractivity contribution in [3.8, 4) is 11.5 Å². The Hall–Kier alpha value is -10.1. The number of likely N-dealkylation sites (N-methyl/N-ethyl adjacent to an activating group) is 2. The van der Waals surface area contributed by atoms with Crippen molar-refractivity contribution in [3.63, 3.8) is 0 Å². The van der Waals surface area contributed by atoms with Gasteiger partial charge in [0, 0.05) is 25.2 Å².